The first kappa shape index (κ1) is 20.2. The molecule has 0 atom stereocenters. The highest BCUT2D eigenvalue weighted by Crippen LogP contribution is 2.34. The second kappa shape index (κ2) is 9.07. The molecule has 0 amide bonds. The number of rotatable bonds is 6. The van der Waals surface area contributed by atoms with Gasteiger partial charge in [-0.2, -0.15) is 0 Å². The summed E-state index contributed by atoms with van der Waals surface area (Å²) in [6, 6.07) is 7.83. The van der Waals surface area contributed by atoms with Gasteiger partial charge in [0.2, 0.25) is 0 Å². The van der Waals surface area contributed by atoms with Crippen LogP contribution in [0.1, 0.15) is 28.8 Å². The summed E-state index contributed by atoms with van der Waals surface area (Å²) in [6.45, 7) is 4.32. The summed E-state index contributed by atoms with van der Waals surface area (Å²) in [5.41, 5.74) is 3.90. The van der Waals surface area contributed by atoms with Gasteiger partial charge in [0, 0.05) is 30.1 Å². The van der Waals surface area contributed by atoms with Gasteiger partial charge in [-0.15, -0.1) is 11.3 Å². The Bertz CT molecular complexity index is 901. The standard InChI is InChI=1S/C21H21Cl2NO2S/c1-14-8-11-27-20(14)17(15-6-7-18(22)19(23)12-15)5-3-10-24-9-2-4-16(13-24)21(25)26/h4-8,11-12H,2-3,9-10,13H2,1H3,(H,25,26). The van der Waals surface area contributed by atoms with Crippen LogP contribution in [-0.4, -0.2) is 35.6 Å². The molecule has 0 bridgehead atoms. The van der Waals surface area contributed by atoms with Gasteiger partial charge in [-0.25, -0.2) is 4.79 Å². The van der Waals surface area contributed by atoms with Gasteiger partial charge in [-0.3, -0.25) is 4.90 Å². The van der Waals surface area contributed by atoms with Crippen molar-refractivity contribution in [3.05, 3.63) is 73.4 Å². The van der Waals surface area contributed by atoms with Gasteiger partial charge in [0.15, 0.2) is 0 Å². The summed E-state index contributed by atoms with van der Waals surface area (Å²) in [5, 5.41) is 12.4. The maximum absolute atomic E-state index is 11.2. The van der Waals surface area contributed by atoms with Crippen LogP contribution in [-0.2, 0) is 4.79 Å². The fraction of sp³-hybridized carbons (Fsp3) is 0.286. The van der Waals surface area contributed by atoms with E-state index in [0.717, 1.165) is 37.1 Å². The van der Waals surface area contributed by atoms with E-state index in [1.54, 1.807) is 11.3 Å². The van der Waals surface area contributed by atoms with E-state index in [-0.39, 0.29) is 0 Å². The van der Waals surface area contributed by atoms with Crippen LogP contribution in [0.2, 0.25) is 10.0 Å². The molecule has 0 unspecified atom stereocenters. The van der Waals surface area contributed by atoms with Gasteiger partial charge >= 0.3 is 5.97 Å². The lowest BCUT2D eigenvalue weighted by Crippen LogP contribution is -2.32. The number of hydrogen-bond donors (Lipinski definition) is 1. The third-order valence-corrected chi connectivity index (χ3v) is 6.42. The third-order valence-electron chi connectivity index (χ3n) is 4.64. The van der Waals surface area contributed by atoms with Gasteiger partial charge in [0.05, 0.1) is 10.0 Å². The first-order valence-corrected chi connectivity index (χ1v) is 10.4. The van der Waals surface area contributed by atoms with Crippen LogP contribution in [0, 0.1) is 6.92 Å². The zero-order valence-electron chi connectivity index (χ0n) is 15.0. The number of carbonyl (C=O) groups is 1. The fourth-order valence-electron chi connectivity index (χ4n) is 3.20. The zero-order valence-corrected chi connectivity index (χ0v) is 17.4. The third kappa shape index (κ3) is 5.02. The molecule has 0 aliphatic carbocycles. The summed E-state index contributed by atoms with van der Waals surface area (Å²) in [4.78, 5) is 14.6. The van der Waals surface area contributed by atoms with Crippen molar-refractivity contribution >= 4 is 46.1 Å². The molecular weight excluding hydrogens is 401 g/mol. The number of aryl methyl sites for hydroxylation is 1. The molecule has 3 rings (SSSR count). The Hall–Kier alpha value is -1.59. The van der Waals surface area contributed by atoms with Crippen LogP contribution in [0.25, 0.3) is 5.57 Å². The summed E-state index contributed by atoms with van der Waals surface area (Å²) >= 11 is 14.0. The summed E-state index contributed by atoms with van der Waals surface area (Å²) in [5.74, 6) is -0.819. The largest absolute Gasteiger partial charge is 0.478 e. The Morgan fingerprint density at radius 3 is 2.78 bits per heavy atom. The molecule has 3 nitrogen and oxygen atoms in total. The Balaban J connectivity index is 1.79. The Kier molecular flexibility index (Phi) is 6.77. The molecule has 1 aromatic carbocycles. The van der Waals surface area contributed by atoms with Crippen LogP contribution in [0.4, 0.5) is 0 Å². The number of benzene rings is 1. The van der Waals surface area contributed by atoms with Crippen molar-refractivity contribution in [2.24, 2.45) is 0 Å². The van der Waals surface area contributed by atoms with Crippen molar-refractivity contribution in [1.82, 2.24) is 4.90 Å². The first-order valence-electron chi connectivity index (χ1n) is 8.80. The molecule has 1 aromatic heterocycles. The molecule has 1 aliphatic heterocycles. The summed E-state index contributed by atoms with van der Waals surface area (Å²) in [6.07, 6.45) is 5.66. The minimum absolute atomic E-state index is 0.490. The number of nitrogens with zero attached hydrogens (tertiary/aromatic N) is 1. The van der Waals surface area contributed by atoms with E-state index < -0.39 is 5.97 Å². The van der Waals surface area contributed by atoms with Crippen molar-refractivity contribution in [2.45, 2.75) is 19.8 Å². The highest BCUT2D eigenvalue weighted by molar-refractivity contribution is 7.11. The second-order valence-corrected chi connectivity index (χ2v) is 8.30. The van der Waals surface area contributed by atoms with Crippen LogP contribution < -0.4 is 0 Å². The van der Waals surface area contributed by atoms with E-state index in [4.69, 9.17) is 23.2 Å². The molecule has 0 radical (unpaired) electrons. The summed E-state index contributed by atoms with van der Waals surface area (Å²) < 4.78 is 0. The lowest BCUT2D eigenvalue weighted by Gasteiger charge is -2.25. The molecule has 0 saturated heterocycles. The van der Waals surface area contributed by atoms with Crippen LogP contribution in [0.15, 0.2) is 47.4 Å². The van der Waals surface area contributed by atoms with Gasteiger partial charge in [-0.05, 0) is 60.0 Å². The zero-order chi connectivity index (χ0) is 19.4. The lowest BCUT2D eigenvalue weighted by atomic mass is 10.0. The van der Waals surface area contributed by atoms with E-state index in [0.29, 0.717) is 22.2 Å². The molecule has 0 spiro atoms. The molecule has 6 heteroatoms. The molecule has 2 heterocycles. The number of aliphatic carboxylic acids is 1. The van der Waals surface area contributed by atoms with Gasteiger partial charge in [0.25, 0.3) is 0 Å². The molecule has 1 N–H and O–H groups in total. The maximum atomic E-state index is 11.2. The van der Waals surface area contributed by atoms with Crippen molar-refractivity contribution in [3.63, 3.8) is 0 Å². The molecule has 27 heavy (non-hydrogen) atoms. The number of halogens is 2. The van der Waals surface area contributed by atoms with Gasteiger partial charge in [-0.1, -0.05) is 41.4 Å². The van der Waals surface area contributed by atoms with E-state index in [2.05, 4.69) is 29.3 Å². The minimum atomic E-state index is -0.819. The molecular formula is C21H21Cl2NO2S. The molecule has 2 aromatic rings. The molecule has 0 saturated carbocycles. The SMILES string of the molecule is Cc1ccsc1C(=CCCN1CCC=C(C(=O)O)C1)c1ccc(Cl)c(Cl)c1. The Morgan fingerprint density at radius 1 is 1.30 bits per heavy atom. The highest BCUT2D eigenvalue weighted by Gasteiger charge is 2.17. The fourth-order valence-corrected chi connectivity index (χ4v) is 4.49. The topological polar surface area (TPSA) is 40.5 Å². The predicted octanol–water partition coefficient (Wildman–Crippen LogP) is 5.90. The monoisotopic (exact) mass is 421 g/mol. The van der Waals surface area contributed by atoms with E-state index >= 15 is 0 Å². The normalized spacial score (nSPS) is 15.7. The van der Waals surface area contributed by atoms with E-state index in [1.165, 1.54) is 10.4 Å². The van der Waals surface area contributed by atoms with Gasteiger partial charge in [0.1, 0.15) is 0 Å². The van der Waals surface area contributed by atoms with Crippen molar-refractivity contribution < 1.29 is 9.90 Å². The van der Waals surface area contributed by atoms with Crippen LogP contribution >= 0.6 is 34.5 Å². The van der Waals surface area contributed by atoms with E-state index in [9.17, 15) is 9.90 Å². The average Bonchev–Trinajstić information content (AvgIpc) is 3.07. The molecule has 142 valence electrons. The predicted molar refractivity (Wildman–Crippen MR) is 114 cm³/mol. The number of carboxylic acids is 1. The number of thiophene rings is 1. The lowest BCUT2D eigenvalue weighted by molar-refractivity contribution is -0.133. The Labute approximate surface area is 173 Å². The van der Waals surface area contributed by atoms with Crippen LogP contribution in [0.5, 0.6) is 0 Å². The number of carboxylic acid groups (broad SMARTS) is 1. The molecule has 1 aliphatic rings. The Morgan fingerprint density at radius 2 is 2.11 bits per heavy atom. The van der Waals surface area contributed by atoms with E-state index in [1.807, 2.05) is 24.3 Å². The quantitative estimate of drug-likeness (QED) is 0.630. The van der Waals surface area contributed by atoms with Crippen molar-refractivity contribution in [2.75, 3.05) is 19.6 Å². The smallest absolute Gasteiger partial charge is 0.332 e. The first-order chi connectivity index (χ1) is 13.0. The highest BCUT2D eigenvalue weighted by atomic mass is 35.5. The maximum Gasteiger partial charge on any atom is 0.332 e. The van der Waals surface area contributed by atoms with Gasteiger partial charge < -0.3 is 5.11 Å². The van der Waals surface area contributed by atoms with Crippen molar-refractivity contribution in [1.29, 1.82) is 0 Å². The average molecular weight is 422 g/mol. The number of hydrogen-bond acceptors (Lipinski definition) is 3. The summed E-state index contributed by atoms with van der Waals surface area (Å²) in [7, 11) is 0. The van der Waals surface area contributed by atoms with Crippen LogP contribution in [0.3, 0.4) is 0 Å². The second-order valence-electron chi connectivity index (χ2n) is 6.57. The minimum Gasteiger partial charge on any atom is -0.478 e. The van der Waals surface area contributed by atoms with Crippen molar-refractivity contribution in [3.8, 4) is 0 Å². The molecule has 0 fully saturated rings.